The van der Waals surface area contributed by atoms with Gasteiger partial charge in [-0.05, 0) is 0 Å². The SMILES string of the molecule is CC(=O)Oc1cnc(C(C)(C)C)nc1. The van der Waals surface area contributed by atoms with Gasteiger partial charge in [-0.25, -0.2) is 9.97 Å². The highest BCUT2D eigenvalue weighted by atomic mass is 16.5. The molecule has 4 nitrogen and oxygen atoms in total. The molecule has 1 aromatic rings. The number of rotatable bonds is 1. The molecule has 0 fully saturated rings. The number of nitrogens with zero attached hydrogens (tertiary/aromatic N) is 2. The predicted octanol–water partition coefficient (Wildman–Crippen LogP) is 1.70. The lowest BCUT2D eigenvalue weighted by molar-refractivity contribution is -0.131. The van der Waals surface area contributed by atoms with E-state index in [4.69, 9.17) is 4.74 Å². The molecule has 0 aliphatic heterocycles. The molecule has 0 N–H and O–H groups in total. The molecular weight excluding hydrogens is 180 g/mol. The second kappa shape index (κ2) is 3.74. The summed E-state index contributed by atoms with van der Waals surface area (Å²) in [5.74, 6) is 0.746. The van der Waals surface area contributed by atoms with Gasteiger partial charge in [-0.15, -0.1) is 0 Å². The van der Waals surface area contributed by atoms with Crippen molar-refractivity contribution in [2.24, 2.45) is 0 Å². The lowest BCUT2D eigenvalue weighted by atomic mass is 9.96. The number of carbonyl (C=O) groups excluding carboxylic acids is 1. The van der Waals surface area contributed by atoms with Crippen LogP contribution in [0.15, 0.2) is 12.4 Å². The molecule has 4 heteroatoms. The van der Waals surface area contributed by atoms with E-state index < -0.39 is 0 Å². The van der Waals surface area contributed by atoms with Crippen molar-refractivity contribution >= 4 is 5.97 Å². The molecule has 0 saturated heterocycles. The lowest BCUT2D eigenvalue weighted by Crippen LogP contribution is -2.15. The molecule has 0 saturated carbocycles. The Morgan fingerprint density at radius 3 is 2.14 bits per heavy atom. The largest absolute Gasteiger partial charge is 0.423 e. The first-order valence-electron chi connectivity index (χ1n) is 4.40. The van der Waals surface area contributed by atoms with Crippen molar-refractivity contribution in [1.82, 2.24) is 9.97 Å². The first-order chi connectivity index (χ1) is 6.39. The predicted molar refractivity (Wildman–Crippen MR) is 52.0 cm³/mol. The number of aromatic nitrogens is 2. The van der Waals surface area contributed by atoms with E-state index in [-0.39, 0.29) is 11.4 Å². The zero-order valence-electron chi connectivity index (χ0n) is 8.87. The summed E-state index contributed by atoms with van der Waals surface area (Å²) in [5.41, 5.74) is -0.0885. The fourth-order valence-electron chi connectivity index (χ4n) is 0.922. The Morgan fingerprint density at radius 1 is 1.29 bits per heavy atom. The van der Waals surface area contributed by atoms with Crippen molar-refractivity contribution in [3.8, 4) is 5.75 Å². The van der Waals surface area contributed by atoms with Crippen molar-refractivity contribution in [3.05, 3.63) is 18.2 Å². The molecule has 0 unspecified atom stereocenters. The smallest absolute Gasteiger partial charge is 0.308 e. The van der Waals surface area contributed by atoms with E-state index in [0.29, 0.717) is 5.75 Å². The van der Waals surface area contributed by atoms with Gasteiger partial charge >= 0.3 is 5.97 Å². The van der Waals surface area contributed by atoms with Crippen LogP contribution in [0.3, 0.4) is 0 Å². The summed E-state index contributed by atoms with van der Waals surface area (Å²) in [5, 5.41) is 0. The summed E-state index contributed by atoms with van der Waals surface area (Å²) >= 11 is 0. The van der Waals surface area contributed by atoms with E-state index in [1.54, 1.807) is 0 Å². The molecule has 0 atom stereocenters. The number of hydrogen-bond donors (Lipinski definition) is 0. The van der Waals surface area contributed by atoms with Crippen LogP contribution in [0.4, 0.5) is 0 Å². The van der Waals surface area contributed by atoms with E-state index in [0.717, 1.165) is 5.82 Å². The third-order valence-electron chi connectivity index (χ3n) is 1.56. The number of hydrogen-bond acceptors (Lipinski definition) is 4. The maximum atomic E-state index is 10.6. The van der Waals surface area contributed by atoms with Crippen LogP contribution < -0.4 is 4.74 Å². The van der Waals surface area contributed by atoms with Gasteiger partial charge in [0.2, 0.25) is 0 Å². The minimum atomic E-state index is -0.364. The quantitative estimate of drug-likeness (QED) is 0.638. The number of esters is 1. The van der Waals surface area contributed by atoms with Crippen LogP contribution in [0.25, 0.3) is 0 Å². The molecule has 0 spiro atoms. The summed E-state index contributed by atoms with van der Waals surface area (Å²) < 4.78 is 4.82. The summed E-state index contributed by atoms with van der Waals surface area (Å²) in [7, 11) is 0. The molecule has 0 aliphatic carbocycles. The van der Waals surface area contributed by atoms with Gasteiger partial charge in [0.25, 0.3) is 0 Å². The second-order valence-electron chi connectivity index (χ2n) is 4.09. The number of ether oxygens (including phenoxy) is 1. The van der Waals surface area contributed by atoms with Gasteiger partial charge in [0.05, 0.1) is 12.4 Å². The fourth-order valence-corrected chi connectivity index (χ4v) is 0.922. The summed E-state index contributed by atoms with van der Waals surface area (Å²) in [6, 6.07) is 0. The molecular formula is C10H14N2O2. The van der Waals surface area contributed by atoms with Gasteiger partial charge in [0, 0.05) is 12.3 Å². The van der Waals surface area contributed by atoms with Gasteiger partial charge < -0.3 is 4.74 Å². The van der Waals surface area contributed by atoms with E-state index in [9.17, 15) is 4.79 Å². The van der Waals surface area contributed by atoms with E-state index in [1.807, 2.05) is 20.8 Å². The van der Waals surface area contributed by atoms with Gasteiger partial charge in [-0.3, -0.25) is 4.79 Å². The van der Waals surface area contributed by atoms with E-state index in [2.05, 4.69) is 9.97 Å². The zero-order valence-corrected chi connectivity index (χ0v) is 8.87. The van der Waals surface area contributed by atoms with Crippen molar-refractivity contribution in [2.75, 3.05) is 0 Å². The van der Waals surface area contributed by atoms with Crippen LogP contribution in [0, 0.1) is 0 Å². The highest BCUT2D eigenvalue weighted by Crippen LogP contribution is 2.18. The third-order valence-corrected chi connectivity index (χ3v) is 1.56. The molecule has 1 rings (SSSR count). The molecule has 0 radical (unpaired) electrons. The highest BCUT2D eigenvalue weighted by molar-refractivity contribution is 5.68. The summed E-state index contributed by atoms with van der Waals surface area (Å²) in [4.78, 5) is 18.8. The molecule has 76 valence electrons. The van der Waals surface area contributed by atoms with Crippen molar-refractivity contribution < 1.29 is 9.53 Å². The minimum Gasteiger partial charge on any atom is -0.423 e. The van der Waals surface area contributed by atoms with Crippen LogP contribution >= 0.6 is 0 Å². The zero-order chi connectivity index (χ0) is 10.8. The van der Waals surface area contributed by atoms with Crippen molar-refractivity contribution in [1.29, 1.82) is 0 Å². The molecule has 0 aliphatic rings. The van der Waals surface area contributed by atoms with Crippen LogP contribution in [0.2, 0.25) is 0 Å². The standard InChI is InChI=1S/C10H14N2O2/c1-7(13)14-8-5-11-9(12-6-8)10(2,3)4/h5-6H,1-4H3. The number of carbonyl (C=O) groups is 1. The second-order valence-corrected chi connectivity index (χ2v) is 4.09. The molecule has 14 heavy (non-hydrogen) atoms. The van der Waals surface area contributed by atoms with Crippen LogP contribution in [0.5, 0.6) is 5.75 Å². The summed E-state index contributed by atoms with van der Waals surface area (Å²) in [6.45, 7) is 7.41. The van der Waals surface area contributed by atoms with Crippen LogP contribution in [-0.2, 0) is 10.2 Å². The van der Waals surface area contributed by atoms with E-state index >= 15 is 0 Å². The van der Waals surface area contributed by atoms with Crippen LogP contribution in [-0.4, -0.2) is 15.9 Å². The Labute approximate surface area is 83.3 Å². The molecule has 0 amide bonds. The Kier molecular flexibility index (Phi) is 2.84. The first kappa shape index (κ1) is 10.6. The first-order valence-corrected chi connectivity index (χ1v) is 4.40. The van der Waals surface area contributed by atoms with Gasteiger partial charge in [-0.1, -0.05) is 20.8 Å². The Hall–Kier alpha value is -1.45. The van der Waals surface area contributed by atoms with Gasteiger partial charge in [0.1, 0.15) is 5.82 Å². The fraction of sp³-hybridized carbons (Fsp3) is 0.500. The lowest BCUT2D eigenvalue weighted by Gasteiger charge is -2.15. The normalized spacial score (nSPS) is 11.1. The maximum absolute atomic E-state index is 10.6. The highest BCUT2D eigenvalue weighted by Gasteiger charge is 2.16. The Morgan fingerprint density at radius 2 is 1.79 bits per heavy atom. The molecule has 0 aromatic carbocycles. The molecule has 1 aromatic heterocycles. The average molecular weight is 194 g/mol. The molecule has 1 heterocycles. The van der Waals surface area contributed by atoms with E-state index in [1.165, 1.54) is 19.3 Å². The maximum Gasteiger partial charge on any atom is 0.308 e. The van der Waals surface area contributed by atoms with Crippen molar-refractivity contribution in [2.45, 2.75) is 33.1 Å². The Balaban J connectivity index is 2.84. The van der Waals surface area contributed by atoms with Crippen molar-refractivity contribution in [3.63, 3.8) is 0 Å². The topological polar surface area (TPSA) is 52.1 Å². The molecule has 0 bridgehead atoms. The average Bonchev–Trinajstić information content (AvgIpc) is 2.02. The van der Waals surface area contributed by atoms with Crippen LogP contribution in [0.1, 0.15) is 33.5 Å². The monoisotopic (exact) mass is 194 g/mol. The Bertz CT molecular complexity index is 325. The minimum absolute atomic E-state index is 0.0885. The van der Waals surface area contributed by atoms with Gasteiger partial charge in [-0.2, -0.15) is 0 Å². The third kappa shape index (κ3) is 2.80. The van der Waals surface area contributed by atoms with Gasteiger partial charge in [0.15, 0.2) is 5.75 Å². The summed E-state index contributed by atoms with van der Waals surface area (Å²) in [6.07, 6.45) is 3.02.